The number of aryl methyl sites for hydroxylation is 1. The molecule has 0 aliphatic carbocycles. The molecule has 0 spiro atoms. The van der Waals surface area contributed by atoms with E-state index in [1.165, 1.54) is 5.56 Å². The summed E-state index contributed by atoms with van der Waals surface area (Å²) < 4.78 is 1.86. The molecule has 0 saturated heterocycles. The van der Waals surface area contributed by atoms with Crippen molar-refractivity contribution >= 4 is 35.8 Å². The van der Waals surface area contributed by atoms with Crippen molar-refractivity contribution in [2.24, 2.45) is 17.5 Å². The summed E-state index contributed by atoms with van der Waals surface area (Å²) in [5, 5.41) is 10.8. The van der Waals surface area contributed by atoms with Crippen molar-refractivity contribution in [2.45, 2.75) is 47.1 Å². The van der Waals surface area contributed by atoms with Crippen LogP contribution in [0.1, 0.15) is 51.8 Å². The summed E-state index contributed by atoms with van der Waals surface area (Å²) in [7, 11) is 5.71. The molecule has 0 aliphatic rings. The molecule has 7 nitrogen and oxygen atoms in total. The number of hydrogen-bond acceptors (Lipinski definition) is 3. The molecule has 0 unspecified atom stereocenters. The lowest BCUT2D eigenvalue weighted by atomic mass is 9.96. The summed E-state index contributed by atoms with van der Waals surface area (Å²) in [6.45, 7) is 11.9. The molecule has 8 heteroatoms. The molecule has 0 fully saturated rings. The predicted octanol–water partition coefficient (Wildman–Crippen LogP) is 2.33. The Hall–Kier alpha value is -1.32. The quantitative estimate of drug-likeness (QED) is 0.285. The largest absolute Gasteiger partial charge is 0.354 e. The maximum Gasteiger partial charge on any atom is 0.225 e. The maximum atomic E-state index is 11.9. The van der Waals surface area contributed by atoms with E-state index in [-0.39, 0.29) is 35.3 Å². The fourth-order valence-electron chi connectivity index (χ4n) is 2.49. The van der Waals surface area contributed by atoms with E-state index in [2.05, 4.69) is 45.7 Å². The number of halogens is 1. The van der Waals surface area contributed by atoms with Gasteiger partial charge in [-0.05, 0) is 5.92 Å². The minimum atomic E-state index is -0.369. The number of guanidine groups is 1. The van der Waals surface area contributed by atoms with Gasteiger partial charge in [-0.3, -0.25) is 14.5 Å². The van der Waals surface area contributed by atoms with Crippen LogP contribution in [0.4, 0.5) is 0 Å². The highest BCUT2D eigenvalue weighted by Gasteiger charge is 2.20. The average Bonchev–Trinajstić information content (AvgIpc) is 2.86. The summed E-state index contributed by atoms with van der Waals surface area (Å²) in [6, 6.07) is 0. The molecule has 1 amide bonds. The van der Waals surface area contributed by atoms with Gasteiger partial charge in [-0.25, -0.2) is 0 Å². The Morgan fingerprint density at radius 3 is 2.38 bits per heavy atom. The zero-order valence-corrected chi connectivity index (χ0v) is 19.7. The highest BCUT2D eigenvalue weighted by atomic mass is 127. The minimum Gasteiger partial charge on any atom is -0.354 e. The van der Waals surface area contributed by atoms with Crippen molar-refractivity contribution in [1.82, 2.24) is 25.3 Å². The van der Waals surface area contributed by atoms with Crippen molar-refractivity contribution in [2.75, 3.05) is 27.2 Å². The molecule has 0 bridgehead atoms. The number of carbonyl (C=O) groups is 1. The second-order valence-corrected chi connectivity index (χ2v) is 7.70. The van der Waals surface area contributed by atoms with Gasteiger partial charge in [0.25, 0.3) is 0 Å². The number of hydrogen-bond donors (Lipinski definition) is 2. The molecule has 0 aromatic carbocycles. The molecule has 150 valence electrons. The first kappa shape index (κ1) is 24.7. The first-order valence-corrected chi connectivity index (χ1v) is 8.78. The van der Waals surface area contributed by atoms with Crippen molar-refractivity contribution in [3.8, 4) is 0 Å². The second-order valence-electron chi connectivity index (χ2n) is 7.70. The van der Waals surface area contributed by atoms with Crippen LogP contribution in [0.3, 0.4) is 0 Å². The monoisotopic (exact) mass is 478 g/mol. The number of aromatic nitrogens is 2. The third-order valence-electron chi connectivity index (χ3n) is 3.84. The van der Waals surface area contributed by atoms with E-state index in [9.17, 15) is 4.79 Å². The van der Waals surface area contributed by atoms with Gasteiger partial charge < -0.3 is 15.5 Å². The molecule has 0 saturated carbocycles. The van der Waals surface area contributed by atoms with Gasteiger partial charge in [-0.15, -0.1) is 24.0 Å². The van der Waals surface area contributed by atoms with Crippen LogP contribution in [-0.4, -0.2) is 53.7 Å². The number of amides is 1. The lowest BCUT2D eigenvalue weighted by Gasteiger charge is -2.23. The molecule has 2 N–H and O–H groups in total. The molecular formula is C18H35IN6O. The number of nitrogens with zero attached hydrogens (tertiary/aromatic N) is 4. The molecule has 26 heavy (non-hydrogen) atoms. The molecule has 0 atom stereocenters. The molecule has 1 heterocycles. The van der Waals surface area contributed by atoms with E-state index in [1.54, 1.807) is 7.05 Å². The Labute approximate surface area is 175 Å². The van der Waals surface area contributed by atoms with Crippen LogP contribution < -0.4 is 10.6 Å². The van der Waals surface area contributed by atoms with Crippen molar-refractivity contribution in [3.63, 3.8) is 0 Å². The zero-order valence-electron chi connectivity index (χ0n) is 17.4. The maximum absolute atomic E-state index is 11.9. The first-order chi connectivity index (χ1) is 11.6. The minimum absolute atomic E-state index is 0. The lowest BCUT2D eigenvalue weighted by molar-refractivity contribution is -0.128. The van der Waals surface area contributed by atoms with Crippen molar-refractivity contribution in [3.05, 3.63) is 17.5 Å². The van der Waals surface area contributed by atoms with Gasteiger partial charge in [0.2, 0.25) is 5.91 Å². The fraction of sp³-hybridized carbons (Fsp3) is 0.722. The summed E-state index contributed by atoms with van der Waals surface area (Å²) in [5.41, 5.74) is 1.94. The van der Waals surface area contributed by atoms with E-state index in [0.717, 1.165) is 18.2 Å². The van der Waals surface area contributed by atoms with Gasteiger partial charge in [0.1, 0.15) is 0 Å². The number of aliphatic imine (C=N–C) groups is 1. The van der Waals surface area contributed by atoms with E-state index in [4.69, 9.17) is 0 Å². The van der Waals surface area contributed by atoms with Crippen LogP contribution in [0.15, 0.2) is 11.2 Å². The lowest BCUT2D eigenvalue weighted by Crippen LogP contribution is -2.44. The van der Waals surface area contributed by atoms with Crippen LogP contribution in [0.5, 0.6) is 0 Å². The van der Waals surface area contributed by atoms with Gasteiger partial charge >= 0.3 is 0 Å². The Bertz CT molecular complexity index is 603. The standard InChI is InChI=1S/C18H34N6O.HI/c1-13(2)15-14(12-24(8)22-15)11-23(7)17(19-6)21-10-9-20-16(25)18(3,4)5;/h12-13H,9-11H2,1-8H3,(H,19,21)(H,20,25);1H. The van der Waals surface area contributed by atoms with E-state index in [1.807, 2.05) is 39.5 Å². The van der Waals surface area contributed by atoms with Crippen LogP contribution in [-0.2, 0) is 18.4 Å². The smallest absolute Gasteiger partial charge is 0.225 e. The summed E-state index contributed by atoms with van der Waals surface area (Å²) >= 11 is 0. The summed E-state index contributed by atoms with van der Waals surface area (Å²) in [5.74, 6) is 1.23. The van der Waals surface area contributed by atoms with E-state index < -0.39 is 0 Å². The SMILES string of the molecule is CN=C(NCCNC(=O)C(C)(C)C)N(C)Cc1cn(C)nc1C(C)C.I. The number of rotatable bonds is 6. The van der Waals surface area contributed by atoms with Crippen LogP contribution in [0, 0.1) is 5.41 Å². The molecule has 0 aliphatic heterocycles. The third kappa shape index (κ3) is 7.51. The van der Waals surface area contributed by atoms with E-state index in [0.29, 0.717) is 19.0 Å². The van der Waals surface area contributed by atoms with Crippen molar-refractivity contribution in [1.29, 1.82) is 0 Å². The van der Waals surface area contributed by atoms with Gasteiger partial charge in [0, 0.05) is 58.0 Å². The molecule has 1 rings (SSSR count). The Balaban J connectivity index is 0.00000625. The average molecular weight is 478 g/mol. The van der Waals surface area contributed by atoms with Crippen LogP contribution >= 0.6 is 24.0 Å². The van der Waals surface area contributed by atoms with Gasteiger partial charge in [0.05, 0.1) is 5.69 Å². The highest BCUT2D eigenvalue weighted by Crippen LogP contribution is 2.18. The number of nitrogens with one attached hydrogen (secondary N) is 2. The summed E-state index contributed by atoms with van der Waals surface area (Å²) in [6.07, 6.45) is 2.06. The predicted molar refractivity (Wildman–Crippen MR) is 118 cm³/mol. The van der Waals surface area contributed by atoms with Crippen LogP contribution in [0.25, 0.3) is 0 Å². The molecular weight excluding hydrogens is 443 g/mol. The van der Waals surface area contributed by atoms with Gasteiger partial charge in [-0.1, -0.05) is 34.6 Å². The Kier molecular flexibility index (Phi) is 10.2. The summed E-state index contributed by atoms with van der Waals surface area (Å²) in [4.78, 5) is 18.3. The molecule has 0 radical (unpaired) electrons. The van der Waals surface area contributed by atoms with Gasteiger partial charge in [-0.2, -0.15) is 5.10 Å². The second kappa shape index (κ2) is 10.7. The zero-order chi connectivity index (χ0) is 19.2. The van der Waals surface area contributed by atoms with Crippen LogP contribution in [0.2, 0.25) is 0 Å². The van der Waals surface area contributed by atoms with E-state index >= 15 is 0 Å². The first-order valence-electron chi connectivity index (χ1n) is 8.78. The fourth-order valence-corrected chi connectivity index (χ4v) is 2.49. The third-order valence-corrected chi connectivity index (χ3v) is 3.84. The van der Waals surface area contributed by atoms with Crippen molar-refractivity contribution < 1.29 is 4.79 Å². The topological polar surface area (TPSA) is 74.6 Å². The Morgan fingerprint density at radius 1 is 1.31 bits per heavy atom. The van der Waals surface area contributed by atoms with Gasteiger partial charge in [0.15, 0.2) is 5.96 Å². The molecule has 1 aromatic rings. The Morgan fingerprint density at radius 2 is 1.88 bits per heavy atom. The normalized spacial score (nSPS) is 12.0. The highest BCUT2D eigenvalue weighted by molar-refractivity contribution is 14.0. The number of carbonyl (C=O) groups excluding carboxylic acids is 1. The molecule has 1 aromatic heterocycles.